The van der Waals surface area contributed by atoms with Crippen LogP contribution in [0.5, 0.6) is 0 Å². The van der Waals surface area contributed by atoms with Crippen LogP contribution in [-0.4, -0.2) is 16.6 Å². The minimum absolute atomic E-state index is 0.0549. The molecule has 1 atom stereocenters. The zero-order valence-corrected chi connectivity index (χ0v) is 11.7. The van der Waals surface area contributed by atoms with Gasteiger partial charge in [0.05, 0.1) is 17.9 Å². The predicted molar refractivity (Wildman–Crippen MR) is 80.6 cm³/mol. The number of pyridine rings is 1. The van der Waals surface area contributed by atoms with Crippen molar-refractivity contribution in [3.05, 3.63) is 53.9 Å². The second-order valence-corrected chi connectivity index (χ2v) is 5.81. The number of nitrogens with zero attached hydrogens (tertiary/aromatic N) is 1. The highest BCUT2D eigenvalue weighted by molar-refractivity contribution is 7.99. The third kappa shape index (κ3) is 2.63. The van der Waals surface area contributed by atoms with Gasteiger partial charge in [0.15, 0.2) is 0 Å². The highest BCUT2D eigenvalue weighted by atomic mass is 32.2. The summed E-state index contributed by atoms with van der Waals surface area (Å²) in [6, 6.07) is 11.6. The molecule has 0 aliphatic carbocycles. The van der Waals surface area contributed by atoms with E-state index in [1.54, 1.807) is 12.1 Å². The normalized spacial score (nSPS) is 17.3. The second-order valence-electron chi connectivity index (χ2n) is 4.68. The summed E-state index contributed by atoms with van der Waals surface area (Å²) in [5.41, 5.74) is 7.72. The largest absolute Gasteiger partial charge is 0.397 e. The number of nitrogen functional groups attached to an aromatic ring is 1. The highest BCUT2D eigenvalue weighted by Crippen LogP contribution is 2.35. The molecule has 1 aromatic carbocycles. The summed E-state index contributed by atoms with van der Waals surface area (Å²) in [5.74, 6) is 0.855. The molecule has 102 valence electrons. The van der Waals surface area contributed by atoms with Crippen molar-refractivity contribution in [3.63, 3.8) is 0 Å². The second kappa shape index (κ2) is 5.54. The lowest BCUT2D eigenvalue weighted by Crippen LogP contribution is -2.31. The summed E-state index contributed by atoms with van der Waals surface area (Å²) in [6.45, 7) is 0. The highest BCUT2D eigenvalue weighted by Gasteiger charge is 2.22. The van der Waals surface area contributed by atoms with E-state index in [4.69, 9.17) is 5.73 Å². The molecule has 0 fully saturated rings. The van der Waals surface area contributed by atoms with Crippen LogP contribution in [0.4, 0.5) is 5.69 Å². The van der Waals surface area contributed by atoms with E-state index >= 15 is 0 Å². The van der Waals surface area contributed by atoms with E-state index < -0.39 is 0 Å². The summed E-state index contributed by atoms with van der Waals surface area (Å²) in [5, 5.41) is 3.06. The lowest BCUT2D eigenvalue weighted by Gasteiger charge is -2.25. The number of anilines is 1. The monoisotopic (exact) mass is 285 g/mol. The van der Waals surface area contributed by atoms with Gasteiger partial charge in [-0.3, -0.25) is 4.79 Å². The Morgan fingerprint density at radius 3 is 2.95 bits per heavy atom. The van der Waals surface area contributed by atoms with Crippen molar-refractivity contribution in [2.45, 2.75) is 17.4 Å². The Balaban J connectivity index is 1.79. The maximum absolute atomic E-state index is 12.2. The SMILES string of the molecule is Nc1ccc(C(=O)NC2CCSc3ccccc32)nc1. The Labute approximate surface area is 121 Å². The Hall–Kier alpha value is -2.01. The average molecular weight is 285 g/mol. The standard InChI is InChI=1S/C15H15N3OS/c16-10-5-6-13(17-9-10)15(19)18-12-7-8-20-14-4-2-1-3-11(12)14/h1-6,9,12H,7-8,16H2,(H,18,19). The third-order valence-electron chi connectivity index (χ3n) is 3.28. The minimum atomic E-state index is -0.156. The number of carbonyl (C=O) groups excluding carboxylic acids is 1. The Kier molecular flexibility index (Phi) is 3.60. The topological polar surface area (TPSA) is 68.0 Å². The first-order valence-corrected chi connectivity index (χ1v) is 7.47. The van der Waals surface area contributed by atoms with Crippen LogP contribution in [0.25, 0.3) is 0 Å². The molecule has 0 bridgehead atoms. The molecule has 0 spiro atoms. The number of fused-ring (bicyclic) bond motifs is 1. The molecule has 0 saturated heterocycles. The van der Waals surface area contributed by atoms with E-state index in [1.807, 2.05) is 23.9 Å². The molecule has 0 saturated carbocycles. The van der Waals surface area contributed by atoms with Crippen molar-refractivity contribution in [1.29, 1.82) is 0 Å². The lowest BCUT2D eigenvalue weighted by molar-refractivity contribution is 0.0930. The van der Waals surface area contributed by atoms with E-state index in [2.05, 4.69) is 22.4 Å². The summed E-state index contributed by atoms with van der Waals surface area (Å²) in [6.07, 6.45) is 2.43. The van der Waals surface area contributed by atoms with E-state index in [1.165, 1.54) is 16.7 Å². The first kappa shape index (κ1) is 13.0. The van der Waals surface area contributed by atoms with Crippen molar-refractivity contribution < 1.29 is 4.79 Å². The van der Waals surface area contributed by atoms with Crippen molar-refractivity contribution in [1.82, 2.24) is 10.3 Å². The van der Waals surface area contributed by atoms with Crippen LogP contribution in [0.15, 0.2) is 47.5 Å². The molecular weight excluding hydrogens is 270 g/mol. The van der Waals surface area contributed by atoms with Crippen LogP contribution in [0, 0.1) is 0 Å². The molecule has 4 nitrogen and oxygen atoms in total. The number of thioether (sulfide) groups is 1. The predicted octanol–water partition coefficient (Wildman–Crippen LogP) is 2.63. The van der Waals surface area contributed by atoms with Gasteiger partial charge < -0.3 is 11.1 Å². The molecule has 3 N–H and O–H groups in total. The van der Waals surface area contributed by atoms with Gasteiger partial charge in [0.1, 0.15) is 5.69 Å². The summed E-state index contributed by atoms with van der Waals surface area (Å²) < 4.78 is 0. The van der Waals surface area contributed by atoms with Gasteiger partial charge in [0.25, 0.3) is 5.91 Å². The number of hydrogen-bond donors (Lipinski definition) is 2. The third-order valence-corrected chi connectivity index (χ3v) is 4.41. The Bertz CT molecular complexity index is 627. The number of amides is 1. The van der Waals surface area contributed by atoms with Crippen molar-refractivity contribution >= 4 is 23.4 Å². The van der Waals surface area contributed by atoms with E-state index in [0.717, 1.165) is 12.2 Å². The van der Waals surface area contributed by atoms with Gasteiger partial charge in [-0.1, -0.05) is 18.2 Å². The number of benzene rings is 1. The summed E-state index contributed by atoms with van der Waals surface area (Å²) in [4.78, 5) is 17.5. The van der Waals surface area contributed by atoms with Crippen LogP contribution in [0.3, 0.4) is 0 Å². The first-order valence-electron chi connectivity index (χ1n) is 6.48. The fraction of sp³-hybridized carbons (Fsp3) is 0.200. The Morgan fingerprint density at radius 2 is 2.15 bits per heavy atom. The average Bonchev–Trinajstić information content (AvgIpc) is 2.48. The first-order chi connectivity index (χ1) is 9.74. The smallest absolute Gasteiger partial charge is 0.270 e. The maximum Gasteiger partial charge on any atom is 0.270 e. The molecule has 1 amide bonds. The fourth-order valence-corrected chi connectivity index (χ4v) is 3.39. The molecule has 2 aromatic rings. The van der Waals surface area contributed by atoms with Crippen molar-refractivity contribution in [3.8, 4) is 0 Å². The zero-order chi connectivity index (χ0) is 13.9. The van der Waals surface area contributed by atoms with Crippen LogP contribution in [-0.2, 0) is 0 Å². The Morgan fingerprint density at radius 1 is 1.30 bits per heavy atom. The molecule has 1 aliphatic rings. The van der Waals surface area contributed by atoms with Gasteiger partial charge in [-0.2, -0.15) is 0 Å². The number of rotatable bonds is 2. The van der Waals surface area contributed by atoms with Gasteiger partial charge in [0.2, 0.25) is 0 Å². The molecule has 1 aliphatic heterocycles. The van der Waals surface area contributed by atoms with Crippen LogP contribution >= 0.6 is 11.8 Å². The fourth-order valence-electron chi connectivity index (χ4n) is 2.26. The summed E-state index contributed by atoms with van der Waals surface area (Å²) >= 11 is 1.83. The maximum atomic E-state index is 12.2. The molecule has 20 heavy (non-hydrogen) atoms. The molecule has 1 aromatic heterocycles. The van der Waals surface area contributed by atoms with Crippen LogP contribution < -0.4 is 11.1 Å². The van der Waals surface area contributed by atoms with E-state index in [9.17, 15) is 4.79 Å². The quantitative estimate of drug-likeness (QED) is 0.890. The number of hydrogen-bond acceptors (Lipinski definition) is 4. The van der Waals surface area contributed by atoms with E-state index in [0.29, 0.717) is 11.4 Å². The van der Waals surface area contributed by atoms with Crippen LogP contribution in [0.2, 0.25) is 0 Å². The zero-order valence-electron chi connectivity index (χ0n) is 10.9. The number of nitrogens with one attached hydrogen (secondary N) is 1. The number of nitrogens with two attached hydrogens (primary N) is 1. The van der Waals surface area contributed by atoms with Gasteiger partial charge in [-0.25, -0.2) is 4.98 Å². The minimum Gasteiger partial charge on any atom is -0.397 e. The molecular formula is C15H15N3OS. The molecule has 0 radical (unpaired) electrons. The molecule has 1 unspecified atom stereocenters. The van der Waals surface area contributed by atoms with Crippen LogP contribution in [0.1, 0.15) is 28.5 Å². The lowest BCUT2D eigenvalue weighted by atomic mass is 10.0. The van der Waals surface area contributed by atoms with Crippen molar-refractivity contribution in [2.75, 3.05) is 11.5 Å². The van der Waals surface area contributed by atoms with Crippen molar-refractivity contribution in [2.24, 2.45) is 0 Å². The van der Waals surface area contributed by atoms with Gasteiger partial charge in [-0.05, 0) is 30.2 Å². The number of aromatic nitrogens is 1. The number of carbonyl (C=O) groups is 1. The van der Waals surface area contributed by atoms with Gasteiger partial charge in [0, 0.05) is 10.6 Å². The molecule has 2 heterocycles. The van der Waals surface area contributed by atoms with E-state index in [-0.39, 0.29) is 11.9 Å². The molecule has 3 rings (SSSR count). The van der Waals surface area contributed by atoms with Gasteiger partial charge >= 0.3 is 0 Å². The van der Waals surface area contributed by atoms with Gasteiger partial charge in [-0.15, -0.1) is 11.8 Å². The molecule has 5 heteroatoms. The summed E-state index contributed by atoms with van der Waals surface area (Å²) in [7, 11) is 0.